The standard InChI is InChI=1S/C12H24O/c1-8(2)10(4)11-6-5-9(3)7-12(11)13/h8-13H,5-7H2,1-4H3/t9-,10?,11+,12-/m1/s1. The van der Waals surface area contributed by atoms with Crippen molar-refractivity contribution in [3.8, 4) is 0 Å². The van der Waals surface area contributed by atoms with Crippen LogP contribution >= 0.6 is 0 Å². The van der Waals surface area contributed by atoms with Crippen molar-refractivity contribution in [1.82, 2.24) is 0 Å². The van der Waals surface area contributed by atoms with Crippen LogP contribution in [0.5, 0.6) is 0 Å². The molecule has 0 aromatic heterocycles. The molecule has 1 rings (SSSR count). The van der Waals surface area contributed by atoms with Crippen LogP contribution in [0.4, 0.5) is 0 Å². The second-order valence-corrected chi connectivity index (χ2v) is 5.25. The SMILES string of the molecule is CC(C)C(C)[C@@H]1CC[C@@H](C)C[C@H]1O. The third kappa shape index (κ3) is 2.70. The molecule has 0 spiro atoms. The van der Waals surface area contributed by atoms with Crippen LogP contribution in [0.3, 0.4) is 0 Å². The maximum absolute atomic E-state index is 9.96. The van der Waals surface area contributed by atoms with Crippen LogP contribution in [0.15, 0.2) is 0 Å². The van der Waals surface area contributed by atoms with Crippen molar-refractivity contribution in [2.45, 2.75) is 53.1 Å². The summed E-state index contributed by atoms with van der Waals surface area (Å²) in [4.78, 5) is 0. The predicted molar refractivity (Wildman–Crippen MR) is 56.5 cm³/mol. The normalized spacial score (nSPS) is 37.8. The Morgan fingerprint density at radius 1 is 1.15 bits per heavy atom. The molecule has 0 heterocycles. The van der Waals surface area contributed by atoms with Gasteiger partial charge in [-0.15, -0.1) is 0 Å². The van der Waals surface area contributed by atoms with Gasteiger partial charge in [0.2, 0.25) is 0 Å². The van der Waals surface area contributed by atoms with Gasteiger partial charge in [0, 0.05) is 0 Å². The number of hydrogen-bond acceptors (Lipinski definition) is 1. The van der Waals surface area contributed by atoms with Crippen LogP contribution in [0.2, 0.25) is 0 Å². The molecule has 1 heteroatoms. The molecule has 0 radical (unpaired) electrons. The Balaban J connectivity index is 2.50. The Morgan fingerprint density at radius 2 is 1.77 bits per heavy atom. The molecule has 13 heavy (non-hydrogen) atoms. The van der Waals surface area contributed by atoms with Crippen LogP contribution in [0.25, 0.3) is 0 Å². The molecule has 1 aliphatic rings. The molecule has 1 nitrogen and oxygen atoms in total. The van der Waals surface area contributed by atoms with Gasteiger partial charge >= 0.3 is 0 Å². The van der Waals surface area contributed by atoms with E-state index >= 15 is 0 Å². The molecule has 0 bridgehead atoms. The average molecular weight is 184 g/mol. The summed E-state index contributed by atoms with van der Waals surface area (Å²) in [6.07, 6.45) is 3.50. The van der Waals surface area contributed by atoms with Gasteiger partial charge in [-0.2, -0.15) is 0 Å². The quantitative estimate of drug-likeness (QED) is 0.699. The highest BCUT2D eigenvalue weighted by molar-refractivity contribution is 4.82. The third-order valence-electron chi connectivity index (χ3n) is 3.86. The van der Waals surface area contributed by atoms with Crippen molar-refractivity contribution in [3.05, 3.63) is 0 Å². The van der Waals surface area contributed by atoms with Crippen LogP contribution in [0.1, 0.15) is 47.0 Å². The topological polar surface area (TPSA) is 20.2 Å². The fraction of sp³-hybridized carbons (Fsp3) is 1.00. The van der Waals surface area contributed by atoms with Crippen molar-refractivity contribution < 1.29 is 5.11 Å². The molecule has 0 amide bonds. The van der Waals surface area contributed by atoms with Gasteiger partial charge in [-0.1, -0.05) is 34.1 Å². The van der Waals surface area contributed by atoms with E-state index in [2.05, 4.69) is 27.7 Å². The summed E-state index contributed by atoms with van der Waals surface area (Å²) in [5.41, 5.74) is 0. The van der Waals surface area contributed by atoms with E-state index in [0.717, 1.165) is 12.3 Å². The highest BCUT2D eigenvalue weighted by Gasteiger charge is 2.31. The lowest BCUT2D eigenvalue weighted by atomic mass is 9.72. The summed E-state index contributed by atoms with van der Waals surface area (Å²) in [7, 11) is 0. The zero-order valence-electron chi connectivity index (χ0n) is 9.46. The second kappa shape index (κ2) is 4.45. The zero-order valence-corrected chi connectivity index (χ0v) is 9.46. The molecular formula is C12H24O. The van der Waals surface area contributed by atoms with E-state index in [0.29, 0.717) is 17.8 Å². The van der Waals surface area contributed by atoms with Gasteiger partial charge in [0.25, 0.3) is 0 Å². The van der Waals surface area contributed by atoms with Gasteiger partial charge in [-0.05, 0) is 36.5 Å². The molecule has 0 saturated heterocycles. The van der Waals surface area contributed by atoms with Crippen molar-refractivity contribution in [1.29, 1.82) is 0 Å². The van der Waals surface area contributed by atoms with Crippen molar-refractivity contribution in [2.75, 3.05) is 0 Å². The van der Waals surface area contributed by atoms with Gasteiger partial charge in [0.1, 0.15) is 0 Å². The fourth-order valence-electron chi connectivity index (χ4n) is 2.48. The van der Waals surface area contributed by atoms with Gasteiger partial charge in [-0.25, -0.2) is 0 Å². The third-order valence-corrected chi connectivity index (χ3v) is 3.86. The molecule has 1 fully saturated rings. The number of hydrogen-bond donors (Lipinski definition) is 1. The van der Waals surface area contributed by atoms with E-state index in [1.54, 1.807) is 0 Å². The van der Waals surface area contributed by atoms with Crippen molar-refractivity contribution in [3.63, 3.8) is 0 Å². The average Bonchev–Trinajstić information content (AvgIpc) is 2.03. The van der Waals surface area contributed by atoms with Crippen molar-refractivity contribution in [2.24, 2.45) is 23.7 Å². The first kappa shape index (κ1) is 11.0. The molecule has 4 atom stereocenters. The minimum Gasteiger partial charge on any atom is -0.393 e. The van der Waals surface area contributed by atoms with E-state index in [1.807, 2.05) is 0 Å². The number of rotatable bonds is 2. The minimum absolute atomic E-state index is 0.0406. The van der Waals surface area contributed by atoms with Gasteiger partial charge in [-0.3, -0.25) is 0 Å². The Labute approximate surface area is 82.5 Å². The van der Waals surface area contributed by atoms with E-state index in [9.17, 15) is 5.11 Å². The Morgan fingerprint density at radius 3 is 2.23 bits per heavy atom. The number of aliphatic hydroxyl groups is 1. The van der Waals surface area contributed by atoms with Crippen LogP contribution in [0, 0.1) is 23.7 Å². The smallest absolute Gasteiger partial charge is 0.0573 e. The molecule has 0 aliphatic heterocycles. The molecule has 78 valence electrons. The van der Waals surface area contributed by atoms with Gasteiger partial charge < -0.3 is 5.11 Å². The summed E-state index contributed by atoms with van der Waals surface area (Å²) >= 11 is 0. The summed E-state index contributed by atoms with van der Waals surface area (Å²) in [6.45, 7) is 9.05. The summed E-state index contributed by atoms with van der Waals surface area (Å²) < 4.78 is 0. The van der Waals surface area contributed by atoms with E-state index in [-0.39, 0.29) is 6.10 Å². The first-order chi connectivity index (χ1) is 6.02. The molecule has 0 aromatic rings. The fourth-order valence-corrected chi connectivity index (χ4v) is 2.48. The largest absolute Gasteiger partial charge is 0.393 e. The van der Waals surface area contributed by atoms with E-state index in [4.69, 9.17) is 0 Å². The van der Waals surface area contributed by atoms with E-state index in [1.165, 1.54) is 12.8 Å². The highest BCUT2D eigenvalue weighted by Crippen LogP contribution is 2.36. The molecule has 0 aromatic carbocycles. The van der Waals surface area contributed by atoms with Crippen LogP contribution in [-0.4, -0.2) is 11.2 Å². The maximum atomic E-state index is 9.96. The zero-order chi connectivity index (χ0) is 10.0. The summed E-state index contributed by atoms with van der Waals surface area (Å²) in [5.74, 6) is 2.65. The lowest BCUT2D eigenvalue weighted by molar-refractivity contribution is 0.0116. The van der Waals surface area contributed by atoms with Crippen LogP contribution < -0.4 is 0 Å². The molecular weight excluding hydrogens is 160 g/mol. The molecule has 1 N–H and O–H groups in total. The Hall–Kier alpha value is -0.0400. The lowest BCUT2D eigenvalue weighted by Gasteiger charge is -2.37. The minimum atomic E-state index is -0.0406. The summed E-state index contributed by atoms with van der Waals surface area (Å²) in [5, 5.41) is 9.96. The van der Waals surface area contributed by atoms with Crippen LogP contribution in [-0.2, 0) is 0 Å². The first-order valence-corrected chi connectivity index (χ1v) is 5.70. The molecule has 1 saturated carbocycles. The Bertz CT molecular complexity index is 153. The van der Waals surface area contributed by atoms with Crippen molar-refractivity contribution >= 4 is 0 Å². The Kier molecular flexibility index (Phi) is 3.78. The lowest BCUT2D eigenvalue weighted by Crippen LogP contribution is -2.34. The van der Waals surface area contributed by atoms with Gasteiger partial charge in [0.05, 0.1) is 6.10 Å². The monoisotopic (exact) mass is 184 g/mol. The summed E-state index contributed by atoms with van der Waals surface area (Å²) in [6, 6.07) is 0. The molecule has 1 aliphatic carbocycles. The highest BCUT2D eigenvalue weighted by atomic mass is 16.3. The predicted octanol–water partition coefficient (Wildman–Crippen LogP) is 3.08. The maximum Gasteiger partial charge on any atom is 0.0573 e. The van der Waals surface area contributed by atoms with E-state index < -0.39 is 0 Å². The second-order valence-electron chi connectivity index (χ2n) is 5.25. The molecule has 1 unspecified atom stereocenters. The van der Waals surface area contributed by atoms with Gasteiger partial charge in [0.15, 0.2) is 0 Å². The first-order valence-electron chi connectivity index (χ1n) is 5.70. The number of aliphatic hydroxyl groups excluding tert-OH is 1.